The summed E-state index contributed by atoms with van der Waals surface area (Å²) in [5, 5.41) is 3.21. The van der Waals surface area contributed by atoms with Crippen molar-refractivity contribution in [1.82, 2.24) is 5.32 Å². The van der Waals surface area contributed by atoms with Crippen molar-refractivity contribution in [2.75, 3.05) is 19.7 Å². The maximum absolute atomic E-state index is 10.9. The Hall–Kier alpha value is -0.570. The second-order valence-electron chi connectivity index (χ2n) is 2.87. The molecule has 1 aliphatic rings. The van der Waals surface area contributed by atoms with Crippen molar-refractivity contribution in [2.24, 2.45) is 5.92 Å². The van der Waals surface area contributed by atoms with E-state index in [1.165, 1.54) is 0 Å². The van der Waals surface area contributed by atoms with Crippen molar-refractivity contribution in [3.63, 3.8) is 0 Å². The summed E-state index contributed by atoms with van der Waals surface area (Å²) in [5.41, 5.74) is 0. The van der Waals surface area contributed by atoms with Gasteiger partial charge in [0.1, 0.15) is 0 Å². The van der Waals surface area contributed by atoms with Crippen LogP contribution < -0.4 is 5.32 Å². The highest BCUT2D eigenvalue weighted by Crippen LogP contribution is 2.12. The lowest BCUT2D eigenvalue weighted by molar-refractivity contribution is -0.144. The van der Waals surface area contributed by atoms with Crippen LogP contribution in [0.1, 0.15) is 19.8 Å². The Morgan fingerprint density at radius 3 is 3.09 bits per heavy atom. The molecule has 1 atom stereocenters. The van der Waals surface area contributed by atoms with E-state index in [0.717, 1.165) is 19.5 Å². The summed E-state index contributed by atoms with van der Waals surface area (Å²) < 4.78 is 4.84. The number of nitrogens with one attached hydrogen (secondary N) is 1. The molecule has 0 aliphatic carbocycles. The van der Waals surface area contributed by atoms with Gasteiger partial charge >= 0.3 is 5.97 Å². The summed E-state index contributed by atoms with van der Waals surface area (Å²) in [6.45, 7) is 4.35. The van der Waals surface area contributed by atoms with Gasteiger partial charge in [0.2, 0.25) is 0 Å². The molecule has 1 saturated heterocycles. The van der Waals surface area contributed by atoms with E-state index in [4.69, 9.17) is 4.74 Å². The van der Waals surface area contributed by atoms with Gasteiger partial charge in [-0.15, -0.1) is 0 Å². The average Bonchev–Trinajstić information content (AvgIpc) is 2.40. The molecule has 0 aromatic rings. The van der Waals surface area contributed by atoms with Crippen LogP contribution in [0, 0.1) is 5.92 Å². The van der Waals surface area contributed by atoms with Gasteiger partial charge in [0, 0.05) is 6.42 Å². The lowest BCUT2D eigenvalue weighted by atomic mass is 10.1. The van der Waals surface area contributed by atoms with Crippen molar-refractivity contribution in [3.8, 4) is 0 Å². The minimum atomic E-state index is -0.0544. The van der Waals surface area contributed by atoms with Crippen LogP contribution >= 0.6 is 0 Å². The topological polar surface area (TPSA) is 38.3 Å². The predicted molar refractivity (Wildman–Crippen MR) is 42.2 cm³/mol. The number of carbonyl (C=O) groups excluding carboxylic acids is 1. The van der Waals surface area contributed by atoms with Crippen molar-refractivity contribution < 1.29 is 9.53 Å². The predicted octanol–water partition coefficient (Wildman–Crippen LogP) is 0.549. The zero-order chi connectivity index (χ0) is 8.10. The first-order valence-electron chi connectivity index (χ1n) is 4.19. The molecule has 64 valence electrons. The summed E-state index contributed by atoms with van der Waals surface area (Å²) in [4.78, 5) is 10.9. The zero-order valence-corrected chi connectivity index (χ0v) is 6.93. The van der Waals surface area contributed by atoms with Gasteiger partial charge in [-0.3, -0.25) is 4.79 Å². The summed E-state index contributed by atoms with van der Waals surface area (Å²) in [6, 6.07) is 0. The molecule has 11 heavy (non-hydrogen) atoms. The highest BCUT2D eigenvalue weighted by Gasteiger charge is 2.18. The van der Waals surface area contributed by atoms with Crippen molar-refractivity contribution in [2.45, 2.75) is 19.8 Å². The normalized spacial score (nSPS) is 23.5. The zero-order valence-electron chi connectivity index (χ0n) is 6.93. The fraction of sp³-hybridized carbons (Fsp3) is 0.875. The number of esters is 1. The van der Waals surface area contributed by atoms with Crippen molar-refractivity contribution in [3.05, 3.63) is 0 Å². The minimum absolute atomic E-state index is 0.0544. The van der Waals surface area contributed by atoms with Gasteiger partial charge in [0.25, 0.3) is 0 Å². The summed E-state index contributed by atoms with van der Waals surface area (Å²) in [7, 11) is 0. The number of ether oxygens (including phenoxy) is 1. The molecule has 0 aromatic heterocycles. The van der Waals surface area contributed by atoms with E-state index < -0.39 is 0 Å². The van der Waals surface area contributed by atoms with E-state index in [9.17, 15) is 4.79 Å². The minimum Gasteiger partial charge on any atom is -0.466 e. The molecule has 0 aromatic carbocycles. The number of rotatable bonds is 3. The highest BCUT2D eigenvalue weighted by molar-refractivity contribution is 5.69. The van der Waals surface area contributed by atoms with Gasteiger partial charge in [-0.05, 0) is 32.4 Å². The molecule has 0 amide bonds. The van der Waals surface area contributed by atoms with Gasteiger partial charge < -0.3 is 10.1 Å². The Labute approximate surface area is 67.1 Å². The van der Waals surface area contributed by atoms with Gasteiger partial charge in [-0.25, -0.2) is 0 Å². The molecule has 1 heterocycles. The largest absolute Gasteiger partial charge is 0.466 e. The number of carbonyl (C=O) groups is 1. The van der Waals surface area contributed by atoms with Crippen LogP contribution in [0.25, 0.3) is 0 Å². The first-order valence-corrected chi connectivity index (χ1v) is 4.19. The standard InChI is InChI=1S/C8H15NO2/c1-2-11-8(10)5-7-3-4-9-6-7/h7,9H,2-6H2,1H3/t7-/m1/s1. The third-order valence-corrected chi connectivity index (χ3v) is 1.92. The SMILES string of the molecule is CCOC(=O)C[C@H]1CCNC1. The smallest absolute Gasteiger partial charge is 0.306 e. The highest BCUT2D eigenvalue weighted by atomic mass is 16.5. The molecule has 0 spiro atoms. The summed E-state index contributed by atoms with van der Waals surface area (Å²) in [6.07, 6.45) is 1.69. The van der Waals surface area contributed by atoms with Crippen LogP contribution in [-0.4, -0.2) is 25.7 Å². The Bertz CT molecular complexity index is 130. The van der Waals surface area contributed by atoms with Crippen LogP contribution in [0.4, 0.5) is 0 Å². The van der Waals surface area contributed by atoms with Crippen LogP contribution in [0.2, 0.25) is 0 Å². The van der Waals surface area contributed by atoms with E-state index in [1.54, 1.807) is 0 Å². The molecular formula is C8H15NO2. The number of hydrogen-bond acceptors (Lipinski definition) is 3. The first-order chi connectivity index (χ1) is 5.33. The Kier molecular flexibility index (Phi) is 3.36. The van der Waals surface area contributed by atoms with Crippen LogP contribution in [0.5, 0.6) is 0 Å². The average molecular weight is 157 g/mol. The Morgan fingerprint density at radius 1 is 1.73 bits per heavy atom. The molecule has 0 radical (unpaired) electrons. The first kappa shape index (κ1) is 8.53. The van der Waals surface area contributed by atoms with E-state index >= 15 is 0 Å². The molecule has 1 rings (SSSR count). The monoisotopic (exact) mass is 157 g/mol. The van der Waals surface area contributed by atoms with E-state index in [0.29, 0.717) is 18.9 Å². The fourth-order valence-corrected chi connectivity index (χ4v) is 1.34. The molecular weight excluding hydrogens is 142 g/mol. The second kappa shape index (κ2) is 4.34. The molecule has 0 saturated carbocycles. The Morgan fingerprint density at radius 2 is 2.55 bits per heavy atom. The maximum Gasteiger partial charge on any atom is 0.306 e. The molecule has 1 fully saturated rings. The fourth-order valence-electron chi connectivity index (χ4n) is 1.34. The molecule has 0 bridgehead atoms. The summed E-state index contributed by atoms with van der Waals surface area (Å²) >= 11 is 0. The Balaban J connectivity index is 2.13. The molecule has 0 unspecified atom stereocenters. The van der Waals surface area contributed by atoms with Gasteiger partial charge in [0.15, 0.2) is 0 Å². The molecule has 3 nitrogen and oxygen atoms in total. The second-order valence-corrected chi connectivity index (χ2v) is 2.87. The molecule has 1 N–H and O–H groups in total. The molecule has 3 heteroatoms. The van der Waals surface area contributed by atoms with Gasteiger partial charge in [-0.2, -0.15) is 0 Å². The third-order valence-electron chi connectivity index (χ3n) is 1.92. The third kappa shape index (κ3) is 2.89. The number of hydrogen-bond donors (Lipinski definition) is 1. The van der Waals surface area contributed by atoms with Crippen LogP contribution in [-0.2, 0) is 9.53 Å². The van der Waals surface area contributed by atoms with Crippen molar-refractivity contribution in [1.29, 1.82) is 0 Å². The van der Waals surface area contributed by atoms with Crippen LogP contribution in [0.15, 0.2) is 0 Å². The lowest BCUT2D eigenvalue weighted by Crippen LogP contribution is -2.14. The van der Waals surface area contributed by atoms with Gasteiger partial charge in [-0.1, -0.05) is 0 Å². The summed E-state index contributed by atoms with van der Waals surface area (Å²) in [5.74, 6) is 0.454. The molecule has 1 aliphatic heterocycles. The lowest BCUT2D eigenvalue weighted by Gasteiger charge is -2.06. The van der Waals surface area contributed by atoms with E-state index in [-0.39, 0.29) is 5.97 Å². The maximum atomic E-state index is 10.9. The van der Waals surface area contributed by atoms with Gasteiger partial charge in [0.05, 0.1) is 6.61 Å². The van der Waals surface area contributed by atoms with E-state index in [2.05, 4.69) is 5.32 Å². The van der Waals surface area contributed by atoms with E-state index in [1.807, 2.05) is 6.92 Å². The van der Waals surface area contributed by atoms with Crippen molar-refractivity contribution >= 4 is 5.97 Å². The quantitative estimate of drug-likeness (QED) is 0.608. The van der Waals surface area contributed by atoms with Crippen LogP contribution in [0.3, 0.4) is 0 Å².